The molecule has 2 fully saturated rings. The number of para-hydroxylation sites is 3. The summed E-state index contributed by atoms with van der Waals surface area (Å²) in [6.07, 6.45) is 0. The van der Waals surface area contributed by atoms with Gasteiger partial charge >= 0.3 is 0 Å². The molecule has 8 heteroatoms. The van der Waals surface area contributed by atoms with Crippen LogP contribution in [0.4, 0.5) is 15.8 Å². The van der Waals surface area contributed by atoms with Crippen molar-refractivity contribution in [2.45, 2.75) is 25.0 Å². The van der Waals surface area contributed by atoms with Gasteiger partial charge in [0.25, 0.3) is 5.91 Å². The van der Waals surface area contributed by atoms with Crippen molar-refractivity contribution >= 4 is 29.1 Å². The number of anilines is 2. The zero-order chi connectivity index (χ0) is 25.2. The molecule has 0 saturated carbocycles. The Kier molecular flexibility index (Phi) is 4.98. The highest BCUT2D eigenvalue weighted by Gasteiger charge is 2.71. The van der Waals surface area contributed by atoms with Gasteiger partial charge in [-0.3, -0.25) is 19.7 Å². The van der Waals surface area contributed by atoms with Crippen LogP contribution in [0.1, 0.15) is 18.1 Å². The second kappa shape index (κ2) is 7.99. The van der Waals surface area contributed by atoms with E-state index >= 15 is 0 Å². The van der Waals surface area contributed by atoms with Gasteiger partial charge in [-0.2, -0.15) is 0 Å². The molecule has 3 heterocycles. The minimum Gasteiger partial charge on any atom is -0.495 e. The van der Waals surface area contributed by atoms with Crippen LogP contribution in [0.5, 0.6) is 5.75 Å². The number of carbonyl (C=O) groups is 3. The van der Waals surface area contributed by atoms with Crippen LogP contribution >= 0.6 is 0 Å². The normalized spacial score (nSPS) is 26.6. The molecule has 3 aromatic carbocycles. The summed E-state index contributed by atoms with van der Waals surface area (Å²) in [5.74, 6) is -2.67. The summed E-state index contributed by atoms with van der Waals surface area (Å²) in [6, 6.07) is 19.8. The zero-order valence-electron chi connectivity index (χ0n) is 19.8. The van der Waals surface area contributed by atoms with Crippen molar-refractivity contribution in [1.82, 2.24) is 5.32 Å². The number of amides is 3. The van der Waals surface area contributed by atoms with Crippen molar-refractivity contribution in [2.75, 3.05) is 16.9 Å². The molecule has 4 atom stereocenters. The maximum Gasteiger partial charge on any atom is 0.253 e. The van der Waals surface area contributed by atoms with Crippen LogP contribution in [0, 0.1) is 17.7 Å². The maximum atomic E-state index is 14.2. The number of halogens is 1. The average Bonchev–Trinajstić information content (AvgIpc) is 3.43. The van der Waals surface area contributed by atoms with Crippen molar-refractivity contribution < 1.29 is 23.5 Å². The number of rotatable bonds is 4. The Labute approximate surface area is 207 Å². The van der Waals surface area contributed by atoms with E-state index in [0.29, 0.717) is 22.7 Å². The van der Waals surface area contributed by atoms with Gasteiger partial charge in [0.05, 0.1) is 31.2 Å². The first-order valence-corrected chi connectivity index (χ1v) is 11.8. The molecule has 0 aliphatic carbocycles. The second-order valence-corrected chi connectivity index (χ2v) is 9.46. The van der Waals surface area contributed by atoms with Crippen molar-refractivity contribution in [3.63, 3.8) is 0 Å². The number of hydrogen-bond acceptors (Lipinski definition) is 5. The highest BCUT2D eigenvalue weighted by Crippen LogP contribution is 2.55. The third-order valence-electron chi connectivity index (χ3n) is 7.59. The van der Waals surface area contributed by atoms with E-state index in [2.05, 4.69) is 5.32 Å². The Hall–Kier alpha value is -4.04. The van der Waals surface area contributed by atoms with Gasteiger partial charge in [0.2, 0.25) is 11.8 Å². The summed E-state index contributed by atoms with van der Waals surface area (Å²) in [5.41, 5.74) is 1.07. The van der Waals surface area contributed by atoms with Crippen molar-refractivity contribution in [3.05, 3.63) is 89.7 Å². The number of nitrogens with zero attached hydrogens (tertiary/aromatic N) is 2. The Bertz CT molecular complexity index is 1410. The van der Waals surface area contributed by atoms with Crippen molar-refractivity contribution in [1.29, 1.82) is 0 Å². The zero-order valence-corrected chi connectivity index (χ0v) is 19.8. The summed E-state index contributed by atoms with van der Waals surface area (Å²) in [5, 5.41) is 3.37. The lowest BCUT2D eigenvalue weighted by atomic mass is 9.76. The molecule has 1 spiro atoms. The summed E-state index contributed by atoms with van der Waals surface area (Å²) in [4.78, 5) is 44.8. The molecule has 1 N–H and O–H groups in total. The van der Waals surface area contributed by atoms with Crippen LogP contribution in [-0.4, -0.2) is 30.9 Å². The number of nitrogens with one attached hydrogen (secondary N) is 1. The molecule has 0 aromatic heterocycles. The minimum absolute atomic E-state index is 0.212. The van der Waals surface area contributed by atoms with Gasteiger partial charge in [-0.05, 0) is 42.8 Å². The molecular weight excluding hydrogens is 461 g/mol. The lowest BCUT2D eigenvalue weighted by Gasteiger charge is -2.30. The lowest BCUT2D eigenvalue weighted by molar-refractivity contribution is -0.132. The van der Waals surface area contributed by atoms with Gasteiger partial charge < -0.3 is 9.64 Å². The third kappa shape index (κ3) is 2.91. The fourth-order valence-corrected chi connectivity index (χ4v) is 6.09. The smallest absolute Gasteiger partial charge is 0.253 e. The molecule has 2 saturated heterocycles. The molecule has 3 aliphatic rings. The maximum absolute atomic E-state index is 14.2. The molecule has 6 rings (SSSR count). The lowest BCUT2D eigenvalue weighted by Crippen LogP contribution is -2.54. The van der Waals surface area contributed by atoms with E-state index in [-0.39, 0.29) is 24.2 Å². The van der Waals surface area contributed by atoms with Crippen LogP contribution in [0.3, 0.4) is 0 Å². The van der Waals surface area contributed by atoms with E-state index in [4.69, 9.17) is 4.74 Å². The Balaban J connectivity index is 1.46. The predicted octanol–water partition coefficient (Wildman–Crippen LogP) is 3.37. The number of imide groups is 1. The van der Waals surface area contributed by atoms with E-state index in [1.165, 1.54) is 24.1 Å². The van der Waals surface area contributed by atoms with Crippen molar-refractivity contribution in [3.8, 4) is 5.75 Å². The fourth-order valence-electron chi connectivity index (χ4n) is 6.09. The van der Waals surface area contributed by atoms with Gasteiger partial charge in [0, 0.05) is 17.3 Å². The fraction of sp³-hybridized carbons (Fsp3) is 0.250. The third-order valence-corrected chi connectivity index (χ3v) is 7.59. The number of ether oxygens (including phenoxy) is 1. The molecule has 3 aliphatic heterocycles. The summed E-state index contributed by atoms with van der Waals surface area (Å²) < 4.78 is 18.9. The molecule has 0 bridgehead atoms. The highest BCUT2D eigenvalue weighted by atomic mass is 19.1. The van der Waals surface area contributed by atoms with Crippen LogP contribution in [-0.2, 0) is 26.5 Å². The van der Waals surface area contributed by atoms with Crippen molar-refractivity contribution in [2.24, 2.45) is 11.8 Å². The SMILES string of the molecule is COc1ccccc1N1C(=O)[C@@H]2[C@H](C)N[C@]3(C(=O)N(Cc4ccc(F)cc4)c4ccccc43)[C@H]2C1=O. The van der Waals surface area contributed by atoms with Crippen LogP contribution < -0.4 is 19.9 Å². The highest BCUT2D eigenvalue weighted by molar-refractivity contribution is 6.26. The van der Waals surface area contributed by atoms with Crippen LogP contribution in [0.2, 0.25) is 0 Å². The topological polar surface area (TPSA) is 79.0 Å². The summed E-state index contributed by atoms with van der Waals surface area (Å²) >= 11 is 0. The van der Waals surface area contributed by atoms with Gasteiger partial charge in [-0.1, -0.05) is 42.5 Å². The molecule has 0 radical (unpaired) electrons. The van der Waals surface area contributed by atoms with E-state index in [1.54, 1.807) is 41.3 Å². The number of hydrogen-bond donors (Lipinski definition) is 1. The largest absolute Gasteiger partial charge is 0.495 e. The number of fused-ring (bicyclic) bond motifs is 4. The summed E-state index contributed by atoms with van der Waals surface area (Å²) in [6.45, 7) is 2.05. The minimum atomic E-state index is -1.38. The number of carbonyl (C=O) groups excluding carboxylic acids is 3. The Morgan fingerprint density at radius 1 is 0.917 bits per heavy atom. The Morgan fingerprint density at radius 3 is 2.31 bits per heavy atom. The molecule has 0 unspecified atom stereocenters. The first-order chi connectivity index (χ1) is 17.4. The van der Waals surface area contributed by atoms with Gasteiger partial charge in [-0.25, -0.2) is 9.29 Å². The van der Waals surface area contributed by atoms with Crippen LogP contribution in [0.15, 0.2) is 72.8 Å². The molecule has 36 heavy (non-hydrogen) atoms. The average molecular weight is 486 g/mol. The predicted molar refractivity (Wildman–Crippen MR) is 131 cm³/mol. The van der Waals surface area contributed by atoms with E-state index in [0.717, 1.165) is 5.56 Å². The van der Waals surface area contributed by atoms with E-state index in [9.17, 15) is 18.8 Å². The van der Waals surface area contributed by atoms with Gasteiger partial charge in [-0.15, -0.1) is 0 Å². The number of methoxy groups -OCH3 is 1. The number of benzene rings is 3. The van der Waals surface area contributed by atoms with Gasteiger partial charge in [0.15, 0.2) is 0 Å². The molecule has 3 amide bonds. The van der Waals surface area contributed by atoms with Crippen LogP contribution in [0.25, 0.3) is 0 Å². The molecule has 182 valence electrons. The molecule has 7 nitrogen and oxygen atoms in total. The van der Waals surface area contributed by atoms with E-state index in [1.807, 2.05) is 31.2 Å². The standard InChI is InChI=1S/C28H24FN3O4/c1-16-23-24(26(34)32(25(23)33)21-9-5-6-10-22(21)36-2)28(30-16)19-7-3-4-8-20(19)31(27(28)35)15-17-11-13-18(29)14-12-17/h3-14,16,23-24,30H,15H2,1-2H3/t16-,23+,24+,28-/m0/s1. The molecular formula is C28H24FN3O4. The quantitative estimate of drug-likeness (QED) is 0.574. The second-order valence-electron chi connectivity index (χ2n) is 9.46. The Morgan fingerprint density at radius 2 is 1.58 bits per heavy atom. The monoisotopic (exact) mass is 485 g/mol. The summed E-state index contributed by atoms with van der Waals surface area (Å²) in [7, 11) is 1.49. The van der Waals surface area contributed by atoms with Gasteiger partial charge in [0.1, 0.15) is 17.1 Å². The molecule has 3 aromatic rings. The first-order valence-electron chi connectivity index (χ1n) is 11.8. The first kappa shape index (κ1) is 22.4. The van der Waals surface area contributed by atoms with E-state index < -0.39 is 29.3 Å².